The van der Waals surface area contributed by atoms with Crippen molar-refractivity contribution in [2.75, 3.05) is 0 Å². The third-order valence-corrected chi connectivity index (χ3v) is 7.32. The number of ether oxygens (including phenoxy) is 1. The van der Waals surface area contributed by atoms with Gasteiger partial charge in [0.1, 0.15) is 5.82 Å². The van der Waals surface area contributed by atoms with Gasteiger partial charge in [0.15, 0.2) is 5.60 Å². The summed E-state index contributed by atoms with van der Waals surface area (Å²) in [6, 6.07) is 6.52. The lowest BCUT2D eigenvalue weighted by atomic mass is 9.66. The zero-order chi connectivity index (χ0) is 18.0. The van der Waals surface area contributed by atoms with E-state index in [9.17, 15) is 14.0 Å². The van der Waals surface area contributed by atoms with E-state index in [1.807, 2.05) is 26.8 Å². The molecule has 5 heteroatoms. The lowest BCUT2D eigenvalue weighted by molar-refractivity contribution is -0.169. The molecule has 0 radical (unpaired) electrons. The first-order valence-corrected chi connectivity index (χ1v) is 9.01. The van der Waals surface area contributed by atoms with Gasteiger partial charge in [-0.3, -0.25) is 9.59 Å². The smallest absolute Gasteiger partial charge is 0.313 e. The quantitative estimate of drug-likeness (QED) is 0.855. The minimum absolute atomic E-state index is 0.0365. The van der Waals surface area contributed by atoms with E-state index in [2.05, 4.69) is 5.32 Å². The second-order valence-electron chi connectivity index (χ2n) is 8.49. The SMILES string of the molecule is CC12CCC(C(=O)N[C@H]3CC[C@@H]3c3cccc(F)c3)(OC1=O)C2(C)C. The molecule has 2 saturated carbocycles. The average Bonchev–Trinajstić information content (AvgIpc) is 2.82. The number of hydrogen-bond acceptors (Lipinski definition) is 3. The molecule has 1 aromatic carbocycles. The van der Waals surface area contributed by atoms with E-state index in [1.165, 1.54) is 12.1 Å². The fraction of sp³-hybridized carbons (Fsp3) is 0.600. The maximum absolute atomic E-state index is 13.5. The molecule has 134 valence electrons. The summed E-state index contributed by atoms with van der Waals surface area (Å²) >= 11 is 0. The first-order chi connectivity index (χ1) is 11.7. The van der Waals surface area contributed by atoms with E-state index in [4.69, 9.17) is 4.74 Å². The Morgan fingerprint density at radius 2 is 2.00 bits per heavy atom. The fourth-order valence-electron chi connectivity index (χ4n) is 4.84. The summed E-state index contributed by atoms with van der Waals surface area (Å²) in [4.78, 5) is 25.4. The first-order valence-electron chi connectivity index (χ1n) is 9.01. The first kappa shape index (κ1) is 16.6. The van der Waals surface area contributed by atoms with Crippen LogP contribution in [-0.2, 0) is 14.3 Å². The van der Waals surface area contributed by atoms with Crippen molar-refractivity contribution in [2.45, 2.75) is 64.0 Å². The van der Waals surface area contributed by atoms with Crippen molar-refractivity contribution >= 4 is 11.9 Å². The molecule has 1 amide bonds. The number of rotatable bonds is 3. The van der Waals surface area contributed by atoms with Crippen LogP contribution in [0.4, 0.5) is 4.39 Å². The van der Waals surface area contributed by atoms with Crippen molar-refractivity contribution < 1.29 is 18.7 Å². The van der Waals surface area contributed by atoms with E-state index in [1.54, 1.807) is 6.07 Å². The second-order valence-corrected chi connectivity index (χ2v) is 8.49. The number of carbonyl (C=O) groups is 2. The molecule has 3 fully saturated rings. The van der Waals surface area contributed by atoms with E-state index < -0.39 is 16.4 Å². The zero-order valence-corrected chi connectivity index (χ0v) is 14.9. The number of halogens is 1. The molecule has 2 unspecified atom stereocenters. The van der Waals surface area contributed by atoms with Gasteiger partial charge in [-0.15, -0.1) is 0 Å². The van der Waals surface area contributed by atoms with Crippen LogP contribution in [0.25, 0.3) is 0 Å². The van der Waals surface area contributed by atoms with Crippen LogP contribution in [0.2, 0.25) is 0 Å². The van der Waals surface area contributed by atoms with Crippen LogP contribution < -0.4 is 5.32 Å². The van der Waals surface area contributed by atoms with Crippen LogP contribution in [0, 0.1) is 16.6 Å². The normalized spacial score (nSPS) is 38.2. The van der Waals surface area contributed by atoms with Crippen molar-refractivity contribution in [3.63, 3.8) is 0 Å². The molecule has 1 heterocycles. The van der Waals surface area contributed by atoms with Crippen molar-refractivity contribution in [1.29, 1.82) is 0 Å². The third-order valence-electron chi connectivity index (χ3n) is 7.32. The Morgan fingerprint density at radius 3 is 2.52 bits per heavy atom. The van der Waals surface area contributed by atoms with Gasteiger partial charge in [-0.2, -0.15) is 0 Å². The number of esters is 1. The van der Waals surface area contributed by atoms with Gasteiger partial charge in [-0.05, 0) is 50.3 Å². The Hall–Kier alpha value is -1.91. The van der Waals surface area contributed by atoms with Gasteiger partial charge >= 0.3 is 5.97 Å². The highest BCUT2D eigenvalue weighted by Crippen LogP contribution is 2.65. The molecule has 4 rings (SSSR count). The minimum atomic E-state index is -1.08. The van der Waals surface area contributed by atoms with Gasteiger partial charge in [-0.1, -0.05) is 26.0 Å². The molecule has 4 nitrogen and oxygen atoms in total. The average molecular weight is 345 g/mol. The number of carbonyl (C=O) groups excluding carboxylic acids is 2. The molecule has 3 aliphatic rings. The highest BCUT2D eigenvalue weighted by molar-refractivity contribution is 5.96. The molecule has 2 bridgehead atoms. The van der Waals surface area contributed by atoms with Crippen LogP contribution in [0.5, 0.6) is 0 Å². The van der Waals surface area contributed by atoms with Crippen LogP contribution in [-0.4, -0.2) is 23.5 Å². The van der Waals surface area contributed by atoms with E-state index in [-0.39, 0.29) is 29.7 Å². The molecule has 0 aromatic heterocycles. The highest BCUT2D eigenvalue weighted by Gasteiger charge is 2.75. The van der Waals surface area contributed by atoms with Crippen LogP contribution in [0.1, 0.15) is 57.9 Å². The van der Waals surface area contributed by atoms with E-state index in [0.717, 1.165) is 18.4 Å². The maximum Gasteiger partial charge on any atom is 0.313 e. The summed E-state index contributed by atoms with van der Waals surface area (Å²) in [5.41, 5.74) is -1.32. The minimum Gasteiger partial charge on any atom is -0.448 e. The van der Waals surface area contributed by atoms with Crippen molar-refractivity contribution in [3.05, 3.63) is 35.6 Å². The predicted molar refractivity (Wildman–Crippen MR) is 90.3 cm³/mol. The number of amides is 1. The summed E-state index contributed by atoms with van der Waals surface area (Å²) in [6.07, 6.45) is 3.01. The van der Waals surface area contributed by atoms with Crippen molar-refractivity contribution in [1.82, 2.24) is 5.32 Å². The summed E-state index contributed by atoms with van der Waals surface area (Å²) in [5, 5.41) is 3.10. The Bertz CT molecular complexity index is 761. The number of hydrogen-bond donors (Lipinski definition) is 1. The third kappa shape index (κ3) is 1.98. The van der Waals surface area contributed by atoms with Gasteiger partial charge in [0.2, 0.25) is 0 Å². The number of benzene rings is 1. The summed E-state index contributed by atoms with van der Waals surface area (Å²) in [6.45, 7) is 5.81. The molecule has 1 N–H and O–H groups in total. The summed E-state index contributed by atoms with van der Waals surface area (Å²) in [7, 11) is 0. The summed E-state index contributed by atoms with van der Waals surface area (Å²) in [5.74, 6) is -0.609. The molecular formula is C20H24FNO3. The molecule has 1 aromatic rings. The molecule has 4 atom stereocenters. The number of nitrogens with one attached hydrogen (secondary N) is 1. The molecule has 25 heavy (non-hydrogen) atoms. The Balaban J connectivity index is 1.54. The molecule has 1 saturated heterocycles. The molecule has 1 aliphatic heterocycles. The second kappa shape index (κ2) is 5.05. The van der Waals surface area contributed by atoms with Gasteiger partial charge < -0.3 is 10.1 Å². The van der Waals surface area contributed by atoms with E-state index >= 15 is 0 Å². The lowest BCUT2D eigenvalue weighted by Crippen LogP contribution is -2.58. The highest BCUT2D eigenvalue weighted by atomic mass is 19.1. The maximum atomic E-state index is 13.5. The molecule has 0 spiro atoms. The summed E-state index contributed by atoms with van der Waals surface area (Å²) < 4.78 is 19.1. The Morgan fingerprint density at radius 1 is 1.24 bits per heavy atom. The van der Waals surface area contributed by atoms with Crippen LogP contribution in [0.3, 0.4) is 0 Å². The predicted octanol–water partition coefficient (Wildman–Crippen LogP) is 3.31. The standard InChI is InChI=1S/C20H24FNO3/c1-18(2)19(3)9-10-20(18,25-17(19)24)16(23)22-15-8-7-14(15)12-5-4-6-13(21)11-12/h4-6,11,14-15H,7-10H2,1-3H3,(H,22,23)/t14-,15+,19?,20?/m1/s1. The monoisotopic (exact) mass is 345 g/mol. The van der Waals surface area contributed by atoms with Crippen molar-refractivity contribution in [3.8, 4) is 0 Å². The molecule has 2 aliphatic carbocycles. The van der Waals surface area contributed by atoms with E-state index in [0.29, 0.717) is 12.8 Å². The number of fused-ring (bicyclic) bond motifs is 2. The Labute approximate surface area is 147 Å². The van der Waals surface area contributed by atoms with Crippen LogP contribution >= 0.6 is 0 Å². The molecular weight excluding hydrogens is 321 g/mol. The van der Waals surface area contributed by atoms with Crippen LogP contribution in [0.15, 0.2) is 24.3 Å². The van der Waals surface area contributed by atoms with Crippen molar-refractivity contribution in [2.24, 2.45) is 10.8 Å². The Kier molecular flexibility index (Phi) is 3.35. The van der Waals surface area contributed by atoms with Gasteiger partial charge in [0.05, 0.1) is 5.41 Å². The van der Waals surface area contributed by atoms with Gasteiger partial charge in [0, 0.05) is 17.4 Å². The fourth-order valence-corrected chi connectivity index (χ4v) is 4.84. The largest absolute Gasteiger partial charge is 0.448 e. The lowest BCUT2D eigenvalue weighted by Gasteiger charge is -2.41. The van der Waals surface area contributed by atoms with Gasteiger partial charge in [-0.25, -0.2) is 4.39 Å². The topological polar surface area (TPSA) is 55.4 Å². The van der Waals surface area contributed by atoms with Gasteiger partial charge in [0.25, 0.3) is 5.91 Å². The zero-order valence-electron chi connectivity index (χ0n) is 14.9.